The summed E-state index contributed by atoms with van der Waals surface area (Å²) >= 11 is 0. The van der Waals surface area contributed by atoms with Gasteiger partial charge < -0.3 is 14.6 Å². The second-order valence-electron chi connectivity index (χ2n) is 10.6. The molecular weight excluding hydrogens is 518 g/mol. The number of hydrogen-bond acceptors (Lipinski definition) is 3. The molecule has 1 aliphatic rings. The zero-order chi connectivity index (χ0) is 28.6. The second-order valence-corrected chi connectivity index (χ2v) is 10.6. The first kappa shape index (κ1) is 25.4. The number of rotatable bonds is 5. The van der Waals surface area contributed by atoms with Crippen molar-refractivity contribution in [1.82, 2.24) is 4.57 Å². The van der Waals surface area contributed by atoms with Gasteiger partial charge in [-0.05, 0) is 89.7 Å². The molecule has 2 heterocycles. The van der Waals surface area contributed by atoms with Gasteiger partial charge in [0.05, 0.1) is 11.0 Å². The van der Waals surface area contributed by atoms with Gasteiger partial charge in [-0.15, -0.1) is 0 Å². The Hall–Kier alpha value is -5.60. The van der Waals surface area contributed by atoms with Crippen LogP contribution in [0.4, 0.5) is 11.4 Å². The number of carboxylic acid groups (broad SMARTS) is 1. The molecule has 0 spiro atoms. The highest BCUT2D eigenvalue weighted by molar-refractivity contribution is 6.09. The smallest absolute Gasteiger partial charge is 0.346 e. The minimum atomic E-state index is -1.21. The van der Waals surface area contributed by atoms with Gasteiger partial charge in [0.2, 0.25) is 0 Å². The molecule has 5 aromatic carbocycles. The Balaban J connectivity index is 1.16. The highest BCUT2D eigenvalue weighted by Gasteiger charge is 2.19. The van der Waals surface area contributed by atoms with Crippen LogP contribution >= 0.6 is 0 Å². The maximum absolute atomic E-state index is 11.3. The van der Waals surface area contributed by atoms with E-state index in [4.69, 9.17) is 5.26 Å². The number of carbonyl (C=O) groups is 1. The number of benzene rings is 5. The molecule has 202 valence electrons. The minimum Gasteiger partial charge on any atom is -0.477 e. The van der Waals surface area contributed by atoms with E-state index in [0.29, 0.717) is 0 Å². The maximum Gasteiger partial charge on any atom is 0.346 e. The number of nitrogens with zero attached hydrogens (tertiary/aromatic N) is 3. The maximum atomic E-state index is 11.3. The average Bonchev–Trinajstić information content (AvgIpc) is 3.38. The number of aliphatic carboxylic acids is 1. The lowest BCUT2D eigenvalue weighted by atomic mass is 9.97. The lowest BCUT2D eigenvalue weighted by Gasteiger charge is -2.31. The van der Waals surface area contributed by atoms with Crippen molar-refractivity contribution in [3.63, 3.8) is 0 Å². The standard InChI is InChI=1S/C37H27N3O2/c38-24-29(37(41)42)23-25-11-20-34-28(22-25)6-5-21-39(34)30-16-12-26(13-17-30)27-14-18-31(19-15-27)40-35-9-3-1-7-32(35)33-8-2-4-10-36(33)40/h1-4,7-20,22-23H,5-6,21H2,(H,41,42)/b29-23+. The number of carboxylic acids is 1. The third kappa shape index (κ3) is 4.40. The van der Waals surface area contributed by atoms with Gasteiger partial charge in [0, 0.05) is 34.4 Å². The lowest BCUT2D eigenvalue weighted by Crippen LogP contribution is -2.24. The SMILES string of the molecule is N#C/C(=C\c1ccc2c(c1)CCCN2c1ccc(-c2ccc(-n3c4ccccc4c4ccccc43)cc2)cc1)C(=O)O. The Labute approximate surface area is 243 Å². The van der Waals surface area contributed by atoms with Crippen molar-refractivity contribution in [3.8, 4) is 22.9 Å². The third-order valence-electron chi connectivity index (χ3n) is 8.10. The van der Waals surface area contributed by atoms with Crippen LogP contribution in [0.3, 0.4) is 0 Å². The predicted molar refractivity (Wildman–Crippen MR) is 169 cm³/mol. The quantitative estimate of drug-likeness (QED) is 0.174. The molecular formula is C37H27N3O2. The van der Waals surface area contributed by atoms with Crippen molar-refractivity contribution in [2.24, 2.45) is 0 Å². The van der Waals surface area contributed by atoms with Crippen molar-refractivity contribution in [2.75, 3.05) is 11.4 Å². The molecule has 42 heavy (non-hydrogen) atoms. The summed E-state index contributed by atoms with van der Waals surface area (Å²) in [5.41, 5.74) is 9.72. The van der Waals surface area contributed by atoms with Crippen molar-refractivity contribution in [3.05, 3.63) is 132 Å². The number of aryl methyl sites for hydroxylation is 1. The number of anilines is 2. The van der Waals surface area contributed by atoms with Gasteiger partial charge in [0.1, 0.15) is 11.6 Å². The number of para-hydroxylation sites is 2. The fraction of sp³-hybridized carbons (Fsp3) is 0.0811. The Bertz CT molecular complexity index is 1990. The largest absolute Gasteiger partial charge is 0.477 e. The van der Waals surface area contributed by atoms with Crippen molar-refractivity contribution in [2.45, 2.75) is 12.8 Å². The van der Waals surface area contributed by atoms with Gasteiger partial charge >= 0.3 is 5.97 Å². The molecule has 0 atom stereocenters. The summed E-state index contributed by atoms with van der Waals surface area (Å²) in [7, 11) is 0. The summed E-state index contributed by atoms with van der Waals surface area (Å²) in [5.74, 6) is -1.21. The summed E-state index contributed by atoms with van der Waals surface area (Å²) in [4.78, 5) is 13.6. The molecule has 1 N–H and O–H groups in total. The van der Waals surface area contributed by atoms with E-state index in [9.17, 15) is 9.90 Å². The molecule has 6 aromatic rings. The van der Waals surface area contributed by atoms with Gasteiger partial charge in [-0.25, -0.2) is 4.79 Å². The Morgan fingerprint density at radius 1 is 0.762 bits per heavy atom. The van der Waals surface area contributed by atoms with E-state index in [1.54, 1.807) is 6.07 Å². The zero-order valence-corrected chi connectivity index (χ0v) is 22.9. The minimum absolute atomic E-state index is 0.263. The average molecular weight is 546 g/mol. The fourth-order valence-corrected chi connectivity index (χ4v) is 6.12. The highest BCUT2D eigenvalue weighted by atomic mass is 16.4. The van der Waals surface area contributed by atoms with Gasteiger partial charge in [-0.3, -0.25) is 0 Å². The molecule has 0 amide bonds. The molecule has 0 bridgehead atoms. The Kier molecular flexibility index (Phi) is 6.30. The van der Waals surface area contributed by atoms with Crippen LogP contribution in [-0.4, -0.2) is 22.2 Å². The van der Waals surface area contributed by atoms with E-state index >= 15 is 0 Å². The first-order chi connectivity index (χ1) is 20.6. The molecule has 0 saturated heterocycles. The molecule has 0 radical (unpaired) electrons. The van der Waals surface area contributed by atoms with Crippen LogP contribution in [0, 0.1) is 11.3 Å². The first-order valence-electron chi connectivity index (χ1n) is 14.1. The molecule has 1 aliphatic heterocycles. The highest BCUT2D eigenvalue weighted by Crippen LogP contribution is 2.36. The summed E-state index contributed by atoms with van der Waals surface area (Å²) in [6, 6.07) is 42.2. The van der Waals surface area contributed by atoms with Gasteiger partial charge in [-0.2, -0.15) is 5.26 Å². The third-order valence-corrected chi connectivity index (χ3v) is 8.10. The topological polar surface area (TPSA) is 69.3 Å². The van der Waals surface area contributed by atoms with Crippen LogP contribution < -0.4 is 4.90 Å². The van der Waals surface area contributed by atoms with Crippen molar-refractivity contribution < 1.29 is 9.90 Å². The molecule has 0 saturated carbocycles. The van der Waals surface area contributed by atoms with E-state index in [1.807, 2.05) is 18.2 Å². The monoisotopic (exact) mass is 545 g/mol. The van der Waals surface area contributed by atoms with E-state index < -0.39 is 5.97 Å². The molecule has 0 fully saturated rings. The van der Waals surface area contributed by atoms with E-state index in [2.05, 4.69) is 107 Å². The Morgan fingerprint density at radius 2 is 1.36 bits per heavy atom. The number of nitriles is 1. The first-order valence-corrected chi connectivity index (χ1v) is 14.1. The summed E-state index contributed by atoms with van der Waals surface area (Å²) in [6.07, 6.45) is 3.35. The van der Waals surface area contributed by atoms with Crippen LogP contribution in [0.1, 0.15) is 17.5 Å². The Morgan fingerprint density at radius 3 is 1.95 bits per heavy atom. The van der Waals surface area contributed by atoms with E-state index in [0.717, 1.165) is 58.7 Å². The second kappa shape index (κ2) is 10.4. The van der Waals surface area contributed by atoms with Gasteiger partial charge in [-0.1, -0.05) is 66.7 Å². The summed E-state index contributed by atoms with van der Waals surface area (Å²) in [5, 5.41) is 20.8. The van der Waals surface area contributed by atoms with Crippen molar-refractivity contribution in [1.29, 1.82) is 5.26 Å². The van der Waals surface area contributed by atoms with Crippen LogP contribution in [0.5, 0.6) is 0 Å². The lowest BCUT2D eigenvalue weighted by molar-refractivity contribution is -0.132. The molecule has 1 aromatic heterocycles. The normalized spacial score (nSPS) is 13.2. The van der Waals surface area contributed by atoms with E-state index in [-0.39, 0.29) is 5.57 Å². The molecule has 5 heteroatoms. The van der Waals surface area contributed by atoms with Gasteiger partial charge in [0.15, 0.2) is 0 Å². The number of aromatic nitrogens is 1. The van der Waals surface area contributed by atoms with Crippen LogP contribution in [0.25, 0.3) is 44.7 Å². The number of fused-ring (bicyclic) bond motifs is 4. The van der Waals surface area contributed by atoms with Crippen molar-refractivity contribution >= 4 is 45.2 Å². The van der Waals surface area contributed by atoms with E-state index in [1.165, 1.54) is 27.9 Å². The molecule has 0 unspecified atom stereocenters. The van der Waals surface area contributed by atoms with Gasteiger partial charge in [0.25, 0.3) is 0 Å². The summed E-state index contributed by atoms with van der Waals surface area (Å²) in [6.45, 7) is 0.910. The fourth-order valence-electron chi connectivity index (χ4n) is 6.12. The van der Waals surface area contributed by atoms with Crippen LogP contribution in [0.2, 0.25) is 0 Å². The molecule has 7 rings (SSSR count). The number of hydrogen-bond donors (Lipinski definition) is 1. The summed E-state index contributed by atoms with van der Waals surface area (Å²) < 4.78 is 2.33. The predicted octanol–water partition coefficient (Wildman–Crippen LogP) is 8.53. The molecule has 0 aliphatic carbocycles. The molecule has 5 nitrogen and oxygen atoms in total. The van der Waals surface area contributed by atoms with Crippen LogP contribution in [-0.2, 0) is 11.2 Å². The zero-order valence-electron chi connectivity index (χ0n) is 22.9. The van der Waals surface area contributed by atoms with Crippen LogP contribution in [0.15, 0.2) is 121 Å².